The molecule has 0 unspecified atom stereocenters. The van der Waals surface area contributed by atoms with Gasteiger partial charge in [-0.25, -0.2) is 4.98 Å². The van der Waals surface area contributed by atoms with Crippen molar-refractivity contribution in [2.75, 3.05) is 24.5 Å². The summed E-state index contributed by atoms with van der Waals surface area (Å²) in [6.07, 6.45) is 11.6. The molecule has 1 atom stereocenters. The summed E-state index contributed by atoms with van der Waals surface area (Å²) < 4.78 is 0. The van der Waals surface area contributed by atoms with Crippen molar-refractivity contribution in [2.45, 2.75) is 51.0 Å². The fourth-order valence-corrected chi connectivity index (χ4v) is 3.52. The molecule has 3 rings (SSSR count). The van der Waals surface area contributed by atoms with Crippen molar-refractivity contribution in [1.82, 2.24) is 9.88 Å². The van der Waals surface area contributed by atoms with E-state index in [9.17, 15) is 4.79 Å². The summed E-state index contributed by atoms with van der Waals surface area (Å²) in [7, 11) is 0. The monoisotopic (exact) mass is 287 g/mol. The van der Waals surface area contributed by atoms with Gasteiger partial charge in [0, 0.05) is 25.8 Å². The third-order valence-corrected chi connectivity index (χ3v) is 4.77. The summed E-state index contributed by atoms with van der Waals surface area (Å²) >= 11 is 0. The van der Waals surface area contributed by atoms with Gasteiger partial charge in [-0.1, -0.05) is 18.9 Å². The molecule has 21 heavy (non-hydrogen) atoms. The minimum Gasteiger partial charge on any atom is -0.357 e. The molecule has 0 spiro atoms. The third-order valence-electron chi connectivity index (χ3n) is 4.77. The number of pyridine rings is 1. The van der Waals surface area contributed by atoms with Crippen LogP contribution in [-0.4, -0.2) is 35.9 Å². The number of amides is 1. The van der Waals surface area contributed by atoms with Crippen LogP contribution in [0.4, 0.5) is 5.82 Å². The van der Waals surface area contributed by atoms with Crippen LogP contribution in [0.5, 0.6) is 0 Å². The van der Waals surface area contributed by atoms with Gasteiger partial charge >= 0.3 is 0 Å². The molecule has 2 aliphatic heterocycles. The van der Waals surface area contributed by atoms with Crippen molar-refractivity contribution >= 4 is 12.2 Å². The number of likely N-dealkylation sites (tertiary alicyclic amines) is 1. The Kier molecular flexibility index (Phi) is 4.73. The average molecular weight is 287 g/mol. The van der Waals surface area contributed by atoms with E-state index in [-0.39, 0.29) is 6.04 Å². The molecule has 1 amide bonds. The largest absolute Gasteiger partial charge is 0.357 e. The van der Waals surface area contributed by atoms with Crippen molar-refractivity contribution < 1.29 is 4.79 Å². The van der Waals surface area contributed by atoms with Gasteiger partial charge in [0.2, 0.25) is 6.41 Å². The number of nitrogens with zero attached hydrogens (tertiary/aromatic N) is 3. The first-order valence-corrected chi connectivity index (χ1v) is 8.30. The molecular weight excluding hydrogens is 262 g/mol. The van der Waals surface area contributed by atoms with Crippen LogP contribution in [0.15, 0.2) is 18.3 Å². The molecule has 0 N–H and O–H groups in total. The average Bonchev–Trinajstić information content (AvgIpc) is 2.84. The number of hydrogen-bond donors (Lipinski definition) is 0. The first kappa shape index (κ1) is 14.4. The lowest BCUT2D eigenvalue weighted by Crippen LogP contribution is -2.32. The zero-order chi connectivity index (χ0) is 14.5. The Morgan fingerprint density at radius 1 is 1.00 bits per heavy atom. The zero-order valence-corrected chi connectivity index (χ0v) is 12.7. The van der Waals surface area contributed by atoms with Crippen LogP contribution in [0, 0.1) is 0 Å². The quantitative estimate of drug-likeness (QED) is 0.801. The number of anilines is 1. The summed E-state index contributed by atoms with van der Waals surface area (Å²) in [5.74, 6) is 1.09. The Morgan fingerprint density at radius 3 is 2.43 bits per heavy atom. The Bertz CT molecular complexity index is 452. The van der Waals surface area contributed by atoms with Gasteiger partial charge in [0.05, 0.1) is 6.04 Å². The smallest absolute Gasteiger partial charge is 0.210 e. The lowest BCUT2D eigenvalue weighted by molar-refractivity contribution is -0.121. The van der Waals surface area contributed by atoms with Gasteiger partial charge in [-0.05, 0) is 43.7 Å². The highest BCUT2D eigenvalue weighted by Crippen LogP contribution is 2.30. The second-order valence-electron chi connectivity index (χ2n) is 6.21. The lowest BCUT2D eigenvalue weighted by atomic mass is 9.97. The molecule has 0 saturated carbocycles. The van der Waals surface area contributed by atoms with Gasteiger partial charge in [0.25, 0.3) is 0 Å². The standard InChI is InChI=1S/C17H25N3O/c21-14-20-12-6-3-7-16(20)15-8-9-17(18-13-15)19-10-4-1-2-5-11-19/h8-9,13-14,16H,1-7,10-12H2/t16-/m0/s1. The highest BCUT2D eigenvalue weighted by atomic mass is 16.1. The van der Waals surface area contributed by atoms with E-state index < -0.39 is 0 Å². The highest BCUT2D eigenvalue weighted by molar-refractivity contribution is 5.49. The van der Waals surface area contributed by atoms with Gasteiger partial charge in [0.15, 0.2) is 0 Å². The Morgan fingerprint density at radius 2 is 1.76 bits per heavy atom. The normalized spacial score (nSPS) is 23.7. The van der Waals surface area contributed by atoms with Crippen LogP contribution in [-0.2, 0) is 4.79 Å². The van der Waals surface area contributed by atoms with Crippen molar-refractivity contribution in [3.8, 4) is 0 Å². The Balaban J connectivity index is 1.72. The molecule has 2 fully saturated rings. The highest BCUT2D eigenvalue weighted by Gasteiger charge is 2.23. The van der Waals surface area contributed by atoms with Gasteiger partial charge in [-0.15, -0.1) is 0 Å². The van der Waals surface area contributed by atoms with Gasteiger partial charge in [-0.2, -0.15) is 0 Å². The molecule has 3 heterocycles. The van der Waals surface area contributed by atoms with Crippen molar-refractivity contribution in [1.29, 1.82) is 0 Å². The topological polar surface area (TPSA) is 36.4 Å². The van der Waals surface area contributed by atoms with E-state index in [1.54, 1.807) is 0 Å². The van der Waals surface area contributed by atoms with Gasteiger partial charge in [0.1, 0.15) is 5.82 Å². The third kappa shape index (κ3) is 3.36. The predicted octanol–water partition coefficient (Wildman–Crippen LogP) is 3.15. The first-order valence-electron chi connectivity index (χ1n) is 8.30. The van der Waals surface area contributed by atoms with Gasteiger partial charge < -0.3 is 9.80 Å². The first-order chi connectivity index (χ1) is 10.4. The summed E-state index contributed by atoms with van der Waals surface area (Å²) in [6.45, 7) is 3.12. The van der Waals surface area contributed by atoms with E-state index in [0.717, 1.165) is 44.7 Å². The summed E-state index contributed by atoms with van der Waals surface area (Å²) in [6, 6.07) is 4.53. The number of hydrogen-bond acceptors (Lipinski definition) is 3. The molecule has 2 saturated heterocycles. The maximum atomic E-state index is 11.2. The van der Waals surface area contributed by atoms with Crippen LogP contribution in [0.2, 0.25) is 0 Å². The van der Waals surface area contributed by atoms with Crippen molar-refractivity contribution in [3.05, 3.63) is 23.9 Å². The van der Waals surface area contributed by atoms with Crippen LogP contribution in [0.3, 0.4) is 0 Å². The molecule has 4 nitrogen and oxygen atoms in total. The number of aromatic nitrogens is 1. The Hall–Kier alpha value is -1.58. The van der Waals surface area contributed by atoms with Crippen LogP contribution < -0.4 is 4.90 Å². The summed E-state index contributed by atoms with van der Waals surface area (Å²) in [5.41, 5.74) is 1.18. The number of carbonyl (C=O) groups excluding carboxylic acids is 1. The molecule has 0 aliphatic carbocycles. The molecular formula is C17H25N3O. The molecule has 114 valence electrons. The van der Waals surface area contributed by atoms with Gasteiger partial charge in [-0.3, -0.25) is 4.79 Å². The molecule has 0 radical (unpaired) electrons. The zero-order valence-electron chi connectivity index (χ0n) is 12.7. The van der Waals surface area contributed by atoms with E-state index in [2.05, 4.69) is 22.0 Å². The van der Waals surface area contributed by atoms with E-state index in [0.29, 0.717) is 0 Å². The van der Waals surface area contributed by atoms with Crippen LogP contribution in [0.25, 0.3) is 0 Å². The molecule has 4 heteroatoms. The number of carbonyl (C=O) groups is 1. The van der Waals surface area contributed by atoms with E-state index in [1.807, 2.05) is 11.1 Å². The van der Waals surface area contributed by atoms with E-state index >= 15 is 0 Å². The number of rotatable bonds is 3. The van der Waals surface area contributed by atoms with Crippen LogP contribution in [0.1, 0.15) is 56.6 Å². The molecule has 2 aliphatic rings. The summed E-state index contributed by atoms with van der Waals surface area (Å²) in [4.78, 5) is 20.2. The van der Waals surface area contributed by atoms with E-state index in [1.165, 1.54) is 37.7 Å². The van der Waals surface area contributed by atoms with Crippen molar-refractivity contribution in [2.24, 2.45) is 0 Å². The van der Waals surface area contributed by atoms with Crippen LogP contribution >= 0.6 is 0 Å². The fraction of sp³-hybridized carbons (Fsp3) is 0.647. The maximum Gasteiger partial charge on any atom is 0.210 e. The predicted molar refractivity (Wildman–Crippen MR) is 84.3 cm³/mol. The second kappa shape index (κ2) is 6.92. The minimum absolute atomic E-state index is 0.224. The molecule has 0 bridgehead atoms. The second-order valence-corrected chi connectivity index (χ2v) is 6.21. The maximum absolute atomic E-state index is 11.2. The minimum atomic E-state index is 0.224. The lowest BCUT2D eigenvalue weighted by Gasteiger charge is -2.33. The fourth-order valence-electron chi connectivity index (χ4n) is 3.52. The SMILES string of the molecule is O=CN1CCCC[C@H]1c1ccc(N2CCCCCC2)nc1. The van der Waals surface area contributed by atoms with Crippen molar-refractivity contribution in [3.63, 3.8) is 0 Å². The molecule has 1 aromatic heterocycles. The summed E-state index contributed by atoms with van der Waals surface area (Å²) in [5, 5.41) is 0. The van der Waals surface area contributed by atoms with E-state index in [4.69, 9.17) is 0 Å². The molecule has 0 aromatic carbocycles. The molecule has 1 aromatic rings. The number of piperidine rings is 1. The Labute approximate surface area is 127 Å².